The van der Waals surface area contributed by atoms with Gasteiger partial charge in [-0.15, -0.1) is 0 Å². The van der Waals surface area contributed by atoms with Crippen LogP contribution in [0.2, 0.25) is 5.28 Å². The van der Waals surface area contributed by atoms with Gasteiger partial charge in [0.25, 0.3) is 0 Å². The minimum atomic E-state index is 0.156. The van der Waals surface area contributed by atoms with Crippen LogP contribution in [-0.2, 0) is 0 Å². The van der Waals surface area contributed by atoms with E-state index in [9.17, 15) is 0 Å². The van der Waals surface area contributed by atoms with Crippen LogP contribution in [0.4, 0.5) is 5.82 Å². The van der Waals surface area contributed by atoms with E-state index in [1.165, 1.54) is 5.56 Å². The molecule has 0 aliphatic rings. The molecule has 2 aromatic heterocycles. The van der Waals surface area contributed by atoms with Crippen LogP contribution in [0.3, 0.4) is 0 Å². The number of nitrogens with zero attached hydrogens (tertiary/aromatic N) is 3. The molecule has 0 spiro atoms. The first-order valence-corrected chi connectivity index (χ1v) is 8.52. The van der Waals surface area contributed by atoms with Gasteiger partial charge in [0.15, 0.2) is 0 Å². The standard InChI is InChI=1S/C20H17ClN4/c21-20-23-17-11-5-4-10-16(17)19(24-20)22-14-18(25-12-6-7-13-25)15-8-2-1-3-9-15/h1-13,18H,14H2,(H,22,23,24). The number of para-hydroxylation sites is 1. The second-order valence-electron chi connectivity index (χ2n) is 5.80. The van der Waals surface area contributed by atoms with E-state index in [1.807, 2.05) is 42.5 Å². The van der Waals surface area contributed by atoms with Crippen LogP contribution in [0, 0.1) is 0 Å². The molecular formula is C20H17ClN4. The molecule has 2 aromatic carbocycles. The Morgan fingerprint density at radius 2 is 1.60 bits per heavy atom. The van der Waals surface area contributed by atoms with Gasteiger partial charge in [-0.2, -0.15) is 0 Å². The molecule has 0 fully saturated rings. The summed E-state index contributed by atoms with van der Waals surface area (Å²) in [5, 5.41) is 4.67. The van der Waals surface area contributed by atoms with E-state index in [0.717, 1.165) is 16.7 Å². The van der Waals surface area contributed by atoms with Crippen LogP contribution < -0.4 is 5.32 Å². The smallest absolute Gasteiger partial charge is 0.224 e. The van der Waals surface area contributed by atoms with Crippen LogP contribution in [0.1, 0.15) is 11.6 Å². The van der Waals surface area contributed by atoms with Gasteiger partial charge < -0.3 is 9.88 Å². The summed E-state index contributed by atoms with van der Waals surface area (Å²) in [5.74, 6) is 0.753. The van der Waals surface area contributed by atoms with Gasteiger partial charge in [0.1, 0.15) is 5.82 Å². The number of hydrogen-bond acceptors (Lipinski definition) is 3. The average Bonchev–Trinajstić information content (AvgIpc) is 3.17. The van der Waals surface area contributed by atoms with Crippen LogP contribution >= 0.6 is 11.6 Å². The molecule has 4 aromatic rings. The molecule has 0 saturated heterocycles. The Morgan fingerprint density at radius 3 is 2.40 bits per heavy atom. The molecular weight excluding hydrogens is 332 g/mol. The third-order valence-corrected chi connectivity index (χ3v) is 4.38. The summed E-state index contributed by atoms with van der Waals surface area (Å²) >= 11 is 6.09. The number of hydrogen-bond donors (Lipinski definition) is 1. The Kier molecular flexibility index (Phi) is 4.36. The van der Waals surface area contributed by atoms with Crippen molar-refractivity contribution in [2.75, 3.05) is 11.9 Å². The van der Waals surface area contributed by atoms with E-state index in [1.54, 1.807) is 0 Å². The first-order valence-electron chi connectivity index (χ1n) is 8.15. The van der Waals surface area contributed by atoms with Gasteiger partial charge in [-0.1, -0.05) is 42.5 Å². The quantitative estimate of drug-likeness (QED) is 0.527. The second kappa shape index (κ2) is 6.95. The Hall–Kier alpha value is -2.85. The van der Waals surface area contributed by atoms with E-state index in [-0.39, 0.29) is 11.3 Å². The zero-order chi connectivity index (χ0) is 17.1. The van der Waals surface area contributed by atoms with E-state index in [0.29, 0.717) is 6.54 Å². The van der Waals surface area contributed by atoms with Crippen molar-refractivity contribution in [1.29, 1.82) is 0 Å². The molecule has 1 N–H and O–H groups in total. The van der Waals surface area contributed by atoms with Crippen molar-refractivity contribution in [1.82, 2.24) is 14.5 Å². The van der Waals surface area contributed by atoms with Crippen LogP contribution in [0.5, 0.6) is 0 Å². The van der Waals surface area contributed by atoms with Crippen LogP contribution in [-0.4, -0.2) is 21.1 Å². The molecule has 0 bridgehead atoms. The number of nitrogens with one attached hydrogen (secondary N) is 1. The molecule has 4 nitrogen and oxygen atoms in total. The van der Waals surface area contributed by atoms with Crippen molar-refractivity contribution in [3.63, 3.8) is 0 Å². The first-order chi connectivity index (χ1) is 12.3. The maximum atomic E-state index is 6.09. The summed E-state index contributed by atoms with van der Waals surface area (Å²) in [6, 6.07) is 22.5. The lowest BCUT2D eigenvalue weighted by atomic mass is 10.1. The van der Waals surface area contributed by atoms with Gasteiger partial charge in [-0.3, -0.25) is 0 Å². The van der Waals surface area contributed by atoms with E-state index < -0.39 is 0 Å². The maximum Gasteiger partial charge on any atom is 0.224 e. The van der Waals surface area contributed by atoms with Gasteiger partial charge in [-0.25, -0.2) is 9.97 Å². The lowest BCUT2D eigenvalue weighted by Gasteiger charge is -2.21. The van der Waals surface area contributed by atoms with Gasteiger partial charge in [0, 0.05) is 24.3 Å². The Labute approximate surface area is 151 Å². The van der Waals surface area contributed by atoms with Gasteiger partial charge in [0.05, 0.1) is 11.6 Å². The number of anilines is 1. The third-order valence-electron chi connectivity index (χ3n) is 4.21. The minimum absolute atomic E-state index is 0.156. The van der Waals surface area contributed by atoms with E-state index >= 15 is 0 Å². The fraction of sp³-hybridized carbons (Fsp3) is 0.100. The van der Waals surface area contributed by atoms with Gasteiger partial charge >= 0.3 is 0 Å². The highest BCUT2D eigenvalue weighted by Crippen LogP contribution is 2.24. The lowest BCUT2D eigenvalue weighted by Crippen LogP contribution is -2.19. The lowest BCUT2D eigenvalue weighted by molar-refractivity contribution is 0.613. The zero-order valence-electron chi connectivity index (χ0n) is 13.5. The molecule has 0 amide bonds. The van der Waals surface area contributed by atoms with E-state index in [4.69, 9.17) is 11.6 Å². The number of benzene rings is 2. The summed E-state index contributed by atoms with van der Waals surface area (Å²) in [6.45, 7) is 0.691. The molecule has 5 heteroatoms. The number of halogens is 1. The molecule has 0 aliphatic carbocycles. The summed E-state index contributed by atoms with van der Waals surface area (Å²) in [5.41, 5.74) is 2.07. The number of rotatable bonds is 5. The summed E-state index contributed by atoms with van der Waals surface area (Å²) < 4.78 is 2.19. The molecule has 124 valence electrons. The predicted molar refractivity (Wildman–Crippen MR) is 102 cm³/mol. The zero-order valence-corrected chi connectivity index (χ0v) is 14.3. The number of fused-ring (bicyclic) bond motifs is 1. The Bertz CT molecular complexity index is 968. The second-order valence-corrected chi connectivity index (χ2v) is 6.13. The van der Waals surface area contributed by atoms with Gasteiger partial charge in [-0.05, 0) is 41.4 Å². The van der Waals surface area contributed by atoms with Crippen molar-refractivity contribution in [3.8, 4) is 0 Å². The normalized spacial score (nSPS) is 12.2. The molecule has 0 saturated carbocycles. The number of aromatic nitrogens is 3. The molecule has 1 unspecified atom stereocenters. The molecule has 1 atom stereocenters. The highest BCUT2D eigenvalue weighted by atomic mass is 35.5. The molecule has 0 aliphatic heterocycles. The summed E-state index contributed by atoms with van der Waals surface area (Å²) in [7, 11) is 0. The maximum absolute atomic E-state index is 6.09. The largest absolute Gasteiger partial charge is 0.367 e. The highest BCUT2D eigenvalue weighted by molar-refractivity contribution is 6.28. The van der Waals surface area contributed by atoms with Gasteiger partial charge in [0.2, 0.25) is 5.28 Å². The van der Waals surface area contributed by atoms with Crippen LogP contribution in [0.25, 0.3) is 10.9 Å². The van der Waals surface area contributed by atoms with Crippen molar-refractivity contribution in [2.24, 2.45) is 0 Å². The third kappa shape index (κ3) is 3.35. The first kappa shape index (κ1) is 15.7. The molecule has 25 heavy (non-hydrogen) atoms. The van der Waals surface area contributed by atoms with Crippen molar-refractivity contribution in [3.05, 3.63) is 90.0 Å². The SMILES string of the molecule is Clc1nc(NCC(c2ccccc2)n2cccc2)c2ccccc2n1. The molecule has 2 heterocycles. The minimum Gasteiger partial charge on any atom is -0.367 e. The predicted octanol–water partition coefficient (Wildman–Crippen LogP) is 4.79. The Morgan fingerprint density at radius 1 is 0.880 bits per heavy atom. The molecule has 4 rings (SSSR count). The van der Waals surface area contributed by atoms with Crippen LogP contribution in [0.15, 0.2) is 79.1 Å². The fourth-order valence-corrected chi connectivity index (χ4v) is 3.18. The fourth-order valence-electron chi connectivity index (χ4n) is 3.00. The van der Waals surface area contributed by atoms with Crippen molar-refractivity contribution < 1.29 is 0 Å². The molecule has 0 radical (unpaired) electrons. The summed E-state index contributed by atoms with van der Waals surface area (Å²) in [4.78, 5) is 8.66. The Balaban J connectivity index is 1.66. The van der Waals surface area contributed by atoms with Crippen molar-refractivity contribution >= 4 is 28.3 Å². The highest BCUT2D eigenvalue weighted by Gasteiger charge is 2.14. The van der Waals surface area contributed by atoms with Crippen molar-refractivity contribution in [2.45, 2.75) is 6.04 Å². The van der Waals surface area contributed by atoms with E-state index in [2.05, 4.69) is 56.5 Å². The summed E-state index contributed by atoms with van der Waals surface area (Å²) in [6.07, 6.45) is 4.15. The monoisotopic (exact) mass is 348 g/mol. The average molecular weight is 349 g/mol. The topological polar surface area (TPSA) is 42.7 Å².